The maximum Gasteiger partial charge on any atom is 0.229 e. The minimum absolute atomic E-state index is 0.0824. The summed E-state index contributed by atoms with van der Waals surface area (Å²) in [5.41, 5.74) is 2.12. The second kappa shape index (κ2) is 7.77. The number of hydrogen-bond acceptors (Lipinski definition) is 3. The van der Waals surface area contributed by atoms with Gasteiger partial charge in [-0.05, 0) is 42.0 Å². The van der Waals surface area contributed by atoms with E-state index in [1.165, 1.54) is 12.1 Å². The molecule has 0 bridgehead atoms. The molecule has 2 aromatic carbocycles. The van der Waals surface area contributed by atoms with Crippen LogP contribution in [0, 0.1) is 5.82 Å². The van der Waals surface area contributed by atoms with Crippen LogP contribution < -0.4 is 10.6 Å². The Morgan fingerprint density at radius 3 is 2.64 bits per heavy atom. The molecule has 0 aliphatic heterocycles. The molecule has 0 radical (unpaired) electrons. The first-order valence-corrected chi connectivity index (χ1v) is 8.00. The van der Waals surface area contributed by atoms with Crippen LogP contribution in [0.4, 0.5) is 21.6 Å². The molecule has 6 heteroatoms. The van der Waals surface area contributed by atoms with Crippen molar-refractivity contribution >= 4 is 34.7 Å². The predicted octanol–water partition coefficient (Wildman–Crippen LogP) is 4.80. The van der Waals surface area contributed by atoms with Crippen molar-refractivity contribution < 1.29 is 9.18 Å². The number of nitrogens with zero attached hydrogens (tertiary/aromatic N) is 1. The lowest BCUT2D eigenvalue weighted by atomic mass is 10.1. The number of carbonyl (C=O) groups is 1. The van der Waals surface area contributed by atoms with Gasteiger partial charge in [0.05, 0.1) is 29.0 Å². The lowest BCUT2D eigenvalue weighted by Crippen LogP contribution is -2.15. The molecular weight excluding hydrogens is 341 g/mol. The second-order valence-corrected chi connectivity index (χ2v) is 5.80. The van der Waals surface area contributed by atoms with Crippen LogP contribution in [0.1, 0.15) is 5.56 Å². The summed E-state index contributed by atoms with van der Waals surface area (Å²) in [6, 6.07) is 16.8. The van der Waals surface area contributed by atoms with Crippen LogP contribution in [0.3, 0.4) is 0 Å². The van der Waals surface area contributed by atoms with Gasteiger partial charge in [-0.15, -0.1) is 0 Å². The molecule has 0 spiro atoms. The molecule has 3 rings (SSSR count). The second-order valence-electron chi connectivity index (χ2n) is 5.39. The molecule has 2 N–H and O–H groups in total. The fourth-order valence-corrected chi connectivity index (χ4v) is 2.46. The Kier molecular flexibility index (Phi) is 5.26. The van der Waals surface area contributed by atoms with Gasteiger partial charge in [0.25, 0.3) is 0 Å². The monoisotopic (exact) mass is 355 g/mol. The molecule has 0 saturated heterocycles. The van der Waals surface area contributed by atoms with Crippen LogP contribution in [0.2, 0.25) is 5.02 Å². The maximum absolute atomic E-state index is 13.1. The molecule has 0 fully saturated rings. The molecule has 0 atom stereocenters. The molecule has 126 valence electrons. The van der Waals surface area contributed by atoms with E-state index in [0.717, 1.165) is 11.4 Å². The highest BCUT2D eigenvalue weighted by molar-refractivity contribution is 6.33. The smallest absolute Gasteiger partial charge is 0.229 e. The van der Waals surface area contributed by atoms with Gasteiger partial charge < -0.3 is 10.6 Å². The number of carbonyl (C=O) groups excluding carboxylic acids is 1. The number of aromatic nitrogens is 1. The fraction of sp³-hybridized carbons (Fsp3) is 0.0526. The van der Waals surface area contributed by atoms with Crippen LogP contribution in [0.25, 0.3) is 0 Å². The highest BCUT2D eigenvalue weighted by atomic mass is 35.5. The summed E-state index contributed by atoms with van der Waals surface area (Å²) in [4.78, 5) is 16.2. The summed E-state index contributed by atoms with van der Waals surface area (Å²) in [5.74, 6) is -0.200. The highest BCUT2D eigenvalue weighted by Crippen LogP contribution is 2.24. The van der Waals surface area contributed by atoms with Crippen LogP contribution in [0.5, 0.6) is 0 Å². The number of hydrogen-bond donors (Lipinski definition) is 2. The number of para-hydroxylation sites is 1. The molecule has 1 heterocycles. The van der Waals surface area contributed by atoms with Crippen molar-refractivity contribution in [3.8, 4) is 0 Å². The molecule has 0 unspecified atom stereocenters. The van der Waals surface area contributed by atoms with E-state index < -0.39 is 0 Å². The average molecular weight is 356 g/mol. The molecule has 25 heavy (non-hydrogen) atoms. The fourth-order valence-electron chi connectivity index (χ4n) is 2.28. The van der Waals surface area contributed by atoms with Gasteiger partial charge in [-0.1, -0.05) is 35.9 Å². The summed E-state index contributed by atoms with van der Waals surface area (Å²) in [7, 11) is 0. The van der Waals surface area contributed by atoms with Crippen LogP contribution in [-0.2, 0) is 11.2 Å². The van der Waals surface area contributed by atoms with E-state index in [-0.39, 0.29) is 18.1 Å². The van der Waals surface area contributed by atoms with Crippen LogP contribution in [-0.4, -0.2) is 10.9 Å². The molecule has 4 nitrogen and oxygen atoms in total. The van der Waals surface area contributed by atoms with E-state index in [0.29, 0.717) is 16.4 Å². The van der Waals surface area contributed by atoms with Gasteiger partial charge >= 0.3 is 0 Å². The first-order chi connectivity index (χ1) is 12.1. The number of rotatable bonds is 5. The van der Waals surface area contributed by atoms with Gasteiger partial charge in [0.2, 0.25) is 5.91 Å². The third-order valence-corrected chi connectivity index (χ3v) is 3.77. The summed E-state index contributed by atoms with van der Waals surface area (Å²) in [6.07, 6.45) is 1.68. The largest absolute Gasteiger partial charge is 0.353 e. The van der Waals surface area contributed by atoms with E-state index in [1.54, 1.807) is 36.5 Å². The number of anilines is 3. The first-order valence-electron chi connectivity index (χ1n) is 7.62. The summed E-state index contributed by atoms with van der Waals surface area (Å²) < 4.78 is 13.1. The quantitative estimate of drug-likeness (QED) is 0.691. The average Bonchev–Trinajstić information content (AvgIpc) is 2.58. The SMILES string of the molecule is O=C(Cc1cccc(F)c1)Nc1ccc(Nc2ccccc2Cl)cn1. The number of benzene rings is 2. The summed E-state index contributed by atoms with van der Waals surface area (Å²) >= 11 is 6.10. The molecule has 1 aromatic heterocycles. The van der Waals surface area contributed by atoms with Crippen molar-refractivity contribution in [2.45, 2.75) is 6.42 Å². The minimum Gasteiger partial charge on any atom is -0.353 e. The molecule has 0 saturated carbocycles. The van der Waals surface area contributed by atoms with Crippen LogP contribution >= 0.6 is 11.6 Å². The van der Waals surface area contributed by atoms with Gasteiger partial charge in [0.15, 0.2) is 0 Å². The van der Waals surface area contributed by atoms with Crippen molar-refractivity contribution in [3.05, 3.63) is 83.3 Å². The third-order valence-electron chi connectivity index (χ3n) is 3.44. The van der Waals surface area contributed by atoms with Crippen molar-refractivity contribution in [1.29, 1.82) is 0 Å². The Bertz CT molecular complexity index is 884. The number of nitrogens with one attached hydrogen (secondary N) is 2. The number of amides is 1. The Hall–Kier alpha value is -2.92. The van der Waals surface area contributed by atoms with E-state index in [9.17, 15) is 9.18 Å². The number of halogens is 2. The maximum atomic E-state index is 13.1. The zero-order chi connectivity index (χ0) is 17.6. The number of pyridine rings is 1. The van der Waals surface area contributed by atoms with Gasteiger partial charge in [-0.25, -0.2) is 9.37 Å². The molecule has 3 aromatic rings. The predicted molar refractivity (Wildman–Crippen MR) is 97.7 cm³/mol. The third kappa shape index (κ3) is 4.78. The van der Waals surface area contributed by atoms with Crippen molar-refractivity contribution in [2.24, 2.45) is 0 Å². The van der Waals surface area contributed by atoms with Gasteiger partial charge in [0, 0.05) is 0 Å². The Balaban J connectivity index is 1.60. The van der Waals surface area contributed by atoms with Crippen molar-refractivity contribution in [2.75, 3.05) is 10.6 Å². The molecule has 0 aliphatic carbocycles. The summed E-state index contributed by atoms with van der Waals surface area (Å²) in [6.45, 7) is 0. The minimum atomic E-state index is -0.363. The topological polar surface area (TPSA) is 54.0 Å². The molecule has 0 aliphatic rings. The zero-order valence-electron chi connectivity index (χ0n) is 13.2. The lowest BCUT2D eigenvalue weighted by Gasteiger charge is -2.09. The Morgan fingerprint density at radius 2 is 1.92 bits per heavy atom. The molecule has 1 amide bonds. The normalized spacial score (nSPS) is 10.3. The van der Waals surface area contributed by atoms with Crippen molar-refractivity contribution in [1.82, 2.24) is 4.98 Å². The van der Waals surface area contributed by atoms with E-state index >= 15 is 0 Å². The van der Waals surface area contributed by atoms with Gasteiger partial charge in [0.1, 0.15) is 11.6 Å². The molecular formula is C19H15ClFN3O. The first kappa shape index (κ1) is 16.9. The van der Waals surface area contributed by atoms with Gasteiger partial charge in [-0.3, -0.25) is 4.79 Å². The Morgan fingerprint density at radius 1 is 1.08 bits per heavy atom. The van der Waals surface area contributed by atoms with E-state index in [4.69, 9.17) is 11.6 Å². The summed E-state index contributed by atoms with van der Waals surface area (Å²) in [5, 5.41) is 6.44. The van der Waals surface area contributed by atoms with Crippen molar-refractivity contribution in [3.63, 3.8) is 0 Å². The van der Waals surface area contributed by atoms with Gasteiger partial charge in [-0.2, -0.15) is 0 Å². The highest BCUT2D eigenvalue weighted by Gasteiger charge is 2.06. The van der Waals surface area contributed by atoms with E-state index in [1.807, 2.05) is 18.2 Å². The lowest BCUT2D eigenvalue weighted by molar-refractivity contribution is -0.115. The standard InChI is InChI=1S/C19H15ClFN3O/c20-16-6-1-2-7-17(16)23-15-8-9-18(22-12-15)24-19(25)11-13-4-3-5-14(21)10-13/h1-10,12,23H,11H2,(H,22,24,25). The van der Waals surface area contributed by atoms with E-state index in [2.05, 4.69) is 15.6 Å². The zero-order valence-corrected chi connectivity index (χ0v) is 13.9. The Labute approximate surface area is 149 Å². The van der Waals surface area contributed by atoms with Crippen LogP contribution in [0.15, 0.2) is 66.9 Å².